The number of nitrogens with two attached hydrogens (primary N) is 1. The Morgan fingerprint density at radius 2 is 1.70 bits per heavy atom. The molecule has 2 unspecified atom stereocenters. The summed E-state index contributed by atoms with van der Waals surface area (Å²) in [4.78, 5) is 67.7. The maximum absolute atomic E-state index is 14.2. The smallest absolute Gasteiger partial charge is 0.410 e. The molecular formula is C32H34N8O8S2. The van der Waals surface area contributed by atoms with E-state index in [1.54, 1.807) is 29.2 Å². The van der Waals surface area contributed by atoms with E-state index in [-0.39, 0.29) is 33.7 Å². The van der Waals surface area contributed by atoms with Crippen LogP contribution in [0.3, 0.4) is 0 Å². The SMILES string of the molecule is CON=C(C(=O)NC1C(=O)N2C(C(=O)OC(c3ccccc3)c3ccccc3)=C(COC(=O)N3CCN(C)CC3)CS(=O)[C@H]12)c1nsc(N)n1. The predicted molar refractivity (Wildman–Crippen MR) is 182 cm³/mol. The van der Waals surface area contributed by atoms with Crippen LogP contribution in [0, 0.1) is 0 Å². The molecule has 0 radical (unpaired) electrons. The van der Waals surface area contributed by atoms with Gasteiger partial charge in [-0.1, -0.05) is 65.8 Å². The van der Waals surface area contributed by atoms with Crippen molar-refractivity contribution < 1.29 is 37.7 Å². The Kier molecular flexibility index (Phi) is 10.5. The maximum atomic E-state index is 14.2. The summed E-state index contributed by atoms with van der Waals surface area (Å²) in [5, 5.41) is 5.15. The Labute approximate surface area is 293 Å². The largest absolute Gasteiger partial charge is 0.448 e. The van der Waals surface area contributed by atoms with E-state index in [1.165, 1.54) is 7.11 Å². The lowest BCUT2D eigenvalue weighted by Crippen LogP contribution is -2.74. The van der Waals surface area contributed by atoms with E-state index in [0.717, 1.165) is 16.4 Å². The Morgan fingerprint density at radius 3 is 2.28 bits per heavy atom. The lowest BCUT2D eigenvalue weighted by molar-refractivity contribution is -0.154. The minimum Gasteiger partial charge on any atom is -0.448 e. The minimum absolute atomic E-state index is 0.0781. The number of rotatable bonds is 10. The van der Waals surface area contributed by atoms with Crippen LogP contribution in [0.2, 0.25) is 0 Å². The van der Waals surface area contributed by atoms with Gasteiger partial charge in [0.2, 0.25) is 11.5 Å². The van der Waals surface area contributed by atoms with Crippen molar-refractivity contribution in [2.24, 2.45) is 5.16 Å². The summed E-state index contributed by atoms with van der Waals surface area (Å²) in [6.45, 7) is 1.84. The lowest BCUT2D eigenvalue weighted by atomic mass is 10.0. The number of fused-ring (bicyclic) bond motifs is 1. The molecule has 262 valence electrons. The maximum Gasteiger partial charge on any atom is 0.410 e. The molecule has 4 heterocycles. The highest BCUT2D eigenvalue weighted by Gasteiger charge is 2.58. The normalized spacial score (nSPS) is 21.0. The summed E-state index contributed by atoms with van der Waals surface area (Å²) in [6.07, 6.45) is -1.46. The summed E-state index contributed by atoms with van der Waals surface area (Å²) < 4.78 is 29.4. The van der Waals surface area contributed by atoms with Crippen molar-refractivity contribution in [3.8, 4) is 0 Å². The molecule has 0 spiro atoms. The molecule has 3 aromatic rings. The number of likely N-dealkylation sites (N-methyl/N-ethyl adjacent to an activating group) is 1. The highest BCUT2D eigenvalue weighted by Crippen LogP contribution is 2.37. The van der Waals surface area contributed by atoms with Gasteiger partial charge in [-0.05, 0) is 18.2 Å². The van der Waals surface area contributed by atoms with Crippen LogP contribution >= 0.6 is 11.5 Å². The molecule has 3 atom stereocenters. The number of carbonyl (C=O) groups is 4. The van der Waals surface area contributed by atoms with E-state index in [4.69, 9.17) is 20.0 Å². The van der Waals surface area contributed by atoms with Crippen molar-refractivity contribution in [2.45, 2.75) is 17.5 Å². The monoisotopic (exact) mass is 722 g/mol. The van der Waals surface area contributed by atoms with Gasteiger partial charge in [0.05, 0.1) is 16.6 Å². The third-order valence-corrected chi connectivity index (χ3v) is 10.5. The second-order valence-corrected chi connectivity index (χ2v) is 13.9. The highest BCUT2D eigenvalue weighted by atomic mass is 32.2. The number of nitrogen functional groups attached to an aromatic ring is 1. The summed E-state index contributed by atoms with van der Waals surface area (Å²) in [5.41, 5.74) is 6.61. The number of esters is 1. The van der Waals surface area contributed by atoms with E-state index in [9.17, 15) is 23.4 Å². The number of anilines is 1. The second kappa shape index (κ2) is 15.1. The van der Waals surface area contributed by atoms with Crippen molar-refractivity contribution in [1.82, 2.24) is 29.4 Å². The molecule has 0 bridgehead atoms. The average molecular weight is 723 g/mol. The second-order valence-electron chi connectivity index (χ2n) is 11.6. The molecular weight excluding hydrogens is 689 g/mol. The first-order valence-corrected chi connectivity index (χ1v) is 17.7. The van der Waals surface area contributed by atoms with Crippen molar-refractivity contribution in [1.29, 1.82) is 0 Å². The van der Waals surface area contributed by atoms with E-state index in [1.807, 2.05) is 43.4 Å². The zero-order valence-corrected chi connectivity index (χ0v) is 28.7. The van der Waals surface area contributed by atoms with Gasteiger partial charge >= 0.3 is 12.1 Å². The van der Waals surface area contributed by atoms with Crippen LogP contribution in [0.1, 0.15) is 23.1 Å². The van der Waals surface area contributed by atoms with Gasteiger partial charge in [0.1, 0.15) is 30.8 Å². The summed E-state index contributed by atoms with van der Waals surface area (Å²) >= 11 is 0.833. The number of hydrogen-bond acceptors (Lipinski definition) is 14. The van der Waals surface area contributed by atoms with Gasteiger partial charge in [0.15, 0.2) is 11.2 Å². The fourth-order valence-corrected chi connectivity index (χ4v) is 7.85. The number of hydrogen-bond donors (Lipinski definition) is 2. The Morgan fingerprint density at radius 1 is 1.06 bits per heavy atom. The molecule has 3 aliphatic rings. The first-order chi connectivity index (χ1) is 24.2. The van der Waals surface area contributed by atoms with E-state index >= 15 is 0 Å². The molecule has 16 nitrogen and oxygen atoms in total. The summed E-state index contributed by atoms with van der Waals surface area (Å²) in [7, 11) is 1.33. The van der Waals surface area contributed by atoms with Crippen LogP contribution in [-0.2, 0) is 39.5 Å². The van der Waals surface area contributed by atoms with Crippen LogP contribution in [0.4, 0.5) is 9.93 Å². The number of nitrogens with zero attached hydrogens (tertiary/aromatic N) is 6. The number of piperazine rings is 1. The van der Waals surface area contributed by atoms with Crippen LogP contribution < -0.4 is 11.1 Å². The van der Waals surface area contributed by atoms with E-state index in [2.05, 4.69) is 24.7 Å². The molecule has 0 saturated carbocycles. The van der Waals surface area contributed by atoms with E-state index < -0.39 is 58.8 Å². The van der Waals surface area contributed by atoms with Crippen molar-refractivity contribution in [3.63, 3.8) is 0 Å². The van der Waals surface area contributed by atoms with Crippen molar-refractivity contribution in [2.75, 3.05) is 58.4 Å². The number of carbonyl (C=O) groups excluding carboxylic acids is 4. The fraction of sp³-hybridized carbons (Fsp3) is 0.344. The molecule has 2 aromatic carbocycles. The van der Waals surface area contributed by atoms with Crippen LogP contribution in [0.15, 0.2) is 77.1 Å². The third-order valence-electron chi connectivity index (χ3n) is 8.30. The molecule has 2 fully saturated rings. The molecule has 6 rings (SSSR count). The number of aromatic nitrogens is 2. The molecule has 3 N–H and O–H groups in total. The van der Waals surface area contributed by atoms with Crippen LogP contribution in [0.5, 0.6) is 0 Å². The van der Waals surface area contributed by atoms with Crippen molar-refractivity contribution in [3.05, 3.63) is 88.9 Å². The topological polar surface area (TPSA) is 199 Å². The minimum atomic E-state index is -1.84. The molecule has 2 saturated heterocycles. The first-order valence-electron chi connectivity index (χ1n) is 15.5. The molecule has 3 amide bonds. The van der Waals surface area contributed by atoms with Gasteiger partial charge in [-0.3, -0.25) is 18.7 Å². The lowest BCUT2D eigenvalue weighted by Gasteiger charge is -2.49. The first kappa shape index (κ1) is 34.7. The standard InChI is InChI=1S/C32H34N8O8S2/c1-38-13-15-39(16-14-38)32(44)47-17-21-18-50(45)29-23(34-27(41)22(36-46-2)26-35-31(33)49-37-26)28(42)40(29)24(21)30(43)48-25(19-9-5-3-6-10-19)20-11-7-4-8-12-20/h3-12,23,25,29H,13-18H2,1-2H3,(H,34,41)(H2,33,35,37)/t23?,29-,50?/m1/s1. The number of oxime groups is 1. The molecule has 3 aliphatic heterocycles. The van der Waals surface area contributed by atoms with Gasteiger partial charge in [-0.2, -0.15) is 9.36 Å². The number of ether oxygens (including phenoxy) is 2. The number of benzene rings is 2. The zero-order chi connectivity index (χ0) is 35.4. The molecule has 0 aliphatic carbocycles. The number of nitrogens with one attached hydrogen (secondary N) is 1. The Balaban J connectivity index is 1.29. The quantitative estimate of drug-likeness (QED) is 0.130. The highest BCUT2D eigenvalue weighted by molar-refractivity contribution is 7.86. The molecule has 1 aromatic heterocycles. The predicted octanol–water partition coefficient (Wildman–Crippen LogP) is 0.857. The van der Waals surface area contributed by atoms with Gasteiger partial charge in [0, 0.05) is 43.3 Å². The van der Waals surface area contributed by atoms with Gasteiger partial charge < -0.3 is 35.2 Å². The van der Waals surface area contributed by atoms with Gasteiger partial charge in [-0.25, -0.2) is 9.59 Å². The zero-order valence-electron chi connectivity index (χ0n) is 27.1. The van der Waals surface area contributed by atoms with Crippen LogP contribution in [-0.4, -0.2) is 122 Å². The van der Waals surface area contributed by atoms with Crippen LogP contribution in [0.25, 0.3) is 0 Å². The Hall–Kier alpha value is -5.20. The average Bonchev–Trinajstić information content (AvgIpc) is 3.56. The fourth-order valence-electron chi connectivity index (χ4n) is 5.74. The van der Waals surface area contributed by atoms with Gasteiger partial charge in [0.25, 0.3) is 11.8 Å². The molecule has 18 heteroatoms. The molecule has 50 heavy (non-hydrogen) atoms. The third kappa shape index (κ3) is 7.22. The number of amides is 3. The van der Waals surface area contributed by atoms with E-state index in [0.29, 0.717) is 37.3 Å². The van der Waals surface area contributed by atoms with Crippen molar-refractivity contribution >= 4 is 57.1 Å². The Bertz CT molecular complexity index is 1810. The number of β-lactam (4-membered cyclic amide) rings is 1. The summed E-state index contributed by atoms with van der Waals surface area (Å²) in [6, 6.07) is 16.8. The summed E-state index contributed by atoms with van der Waals surface area (Å²) in [5.74, 6) is -2.86. The van der Waals surface area contributed by atoms with Gasteiger partial charge in [-0.15, -0.1) is 0 Å².